The quantitative estimate of drug-likeness (QED) is 0.506. The smallest absolute Gasteiger partial charge is 0.495 e. The standard InChI is InChI=1S/C20H17ClF3NO4/c1-11-19(28-12(2)26)15-8-18(27-3)16(21)9-17(15)25(11)10-13-4-6-14(7-5-13)29-20(22,23)24/h4-9H,10H2,1-3H3. The van der Waals surface area contributed by atoms with Gasteiger partial charge in [0.05, 0.1) is 23.3 Å². The number of halogens is 4. The van der Waals surface area contributed by atoms with E-state index in [1.807, 2.05) is 4.57 Å². The van der Waals surface area contributed by atoms with Crippen molar-refractivity contribution in [3.8, 4) is 17.2 Å². The zero-order valence-corrected chi connectivity index (χ0v) is 16.5. The molecular formula is C20H17ClF3NO4. The topological polar surface area (TPSA) is 49.7 Å². The lowest BCUT2D eigenvalue weighted by molar-refractivity contribution is -0.274. The number of rotatable bonds is 5. The van der Waals surface area contributed by atoms with Gasteiger partial charge in [-0.1, -0.05) is 23.7 Å². The van der Waals surface area contributed by atoms with Gasteiger partial charge in [0, 0.05) is 18.9 Å². The summed E-state index contributed by atoms with van der Waals surface area (Å²) >= 11 is 6.26. The highest BCUT2D eigenvalue weighted by Gasteiger charge is 2.31. The Morgan fingerprint density at radius 3 is 2.38 bits per heavy atom. The first kappa shape index (κ1) is 20.9. The van der Waals surface area contributed by atoms with Crippen LogP contribution in [0.2, 0.25) is 5.02 Å². The molecule has 0 atom stereocenters. The molecule has 0 aliphatic rings. The molecule has 0 aliphatic heterocycles. The molecule has 0 fully saturated rings. The number of hydrogen-bond donors (Lipinski definition) is 0. The molecule has 9 heteroatoms. The van der Waals surface area contributed by atoms with E-state index in [-0.39, 0.29) is 5.75 Å². The molecule has 0 saturated heterocycles. The van der Waals surface area contributed by atoms with E-state index in [0.29, 0.717) is 39.7 Å². The van der Waals surface area contributed by atoms with Gasteiger partial charge in [-0.2, -0.15) is 0 Å². The van der Waals surface area contributed by atoms with Crippen LogP contribution in [0.15, 0.2) is 36.4 Å². The number of ether oxygens (including phenoxy) is 3. The lowest BCUT2D eigenvalue weighted by Gasteiger charge is -2.11. The van der Waals surface area contributed by atoms with Crippen LogP contribution in [0.25, 0.3) is 10.9 Å². The van der Waals surface area contributed by atoms with Crippen molar-refractivity contribution in [2.75, 3.05) is 7.11 Å². The average Bonchev–Trinajstić information content (AvgIpc) is 2.86. The van der Waals surface area contributed by atoms with E-state index in [1.165, 1.54) is 38.3 Å². The van der Waals surface area contributed by atoms with Crippen LogP contribution >= 0.6 is 11.6 Å². The second-order valence-corrected chi connectivity index (χ2v) is 6.70. The van der Waals surface area contributed by atoms with Gasteiger partial charge in [0.15, 0.2) is 5.75 Å². The number of carbonyl (C=O) groups excluding carboxylic acids is 1. The molecule has 0 saturated carbocycles. The third kappa shape index (κ3) is 4.59. The second kappa shape index (κ2) is 7.87. The summed E-state index contributed by atoms with van der Waals surface area (Å²) in [5.41, 5.74) is 2.08. The van der Waals surface area contributed by atoms with Gasteiger partial charge in [-0.15, -0.1) is 13.2 Å². The highest BCUT2D eigenvalue weighted by Crippen LogP contribution is 2.39. The van der Waals surface area contributed by atoms with Crippen LogP contribution in [0.4, 0.5) is 13.2 Å². The Morgan fingerprint density at radius 1 is 1.17 bits per heavy atom. The molecule has 0 radical (unpaired) electrons. The lowest BCUT2D eigenvalue weighted by atomic mass is 10.2. The van der Waals surface area contributed by atoms with Gasteiger partial charge < -0.3 is 18.8 Å². The van der Waals surface area contributed by atoms with Crippen LogP contribution in [0.1, 0.15) is 18.2 Å². The van der Waals surface area contributed by atoms with Crippen molar-refractivity contribution >= 4 is 28.5 Å². The van der Waals surface area contributed by atoms with Gasteiger partial charge in [-0.05, 0) is 36.8 Å². The summed E-state index contributed by atoms with van der Waals surface area (Å²) in [6, 6.07) is 8.92. The maximum absolute atomic E-state index is 12.3. The number of nitrogens with zero attached hydrogens (tertiary/aromatic N) is 1. The van der Waals surface area contributed by atoms with Crippen molar-refractivity contribution in [2.24, 2.45) is 0 Å². The Hall–Kier alpha value is -2.87. The Labute approximate surface area is 169 Å². The van der Waals surface area contributed by atoms with Crippen LogP contribution in [-0.2, 0) is 11.3 Å². The van der Waals surface area contributed by atoms with Gasteiger partial charge in [0.1, 0.15) is 11.5 Å². The number of hydrogen-bond acceptors (Lipinski definition) is 4. The van der Waals surface area contributed by atoms with Crippen LogP contribution in [0.5, 0.6) is 17.2 Å². The van der Waals surface area contributed by atoms with Crippen LogP contribution in [-0.4, -0.2) is 24.0 Å². The van der Waals surface area contributed by atoms with Crippen molar-refractivity contribution in [1.82, 2.24) is 4.57 Å². The number of benzene rings is 2. The van der Waals surface area contributed by atoms with E-state index < -0.39 is 12.3 Å². The molecule has 0 N–H and O–H groups in total. The lowest BCUT2D eigenvalue weighted by Crippen LogP contribution is -2.17. The van der Waals surface area contributed by atoms with Crippen molar-refractivity contribution in [3.05, 3.63) is 52.7 Å². The van der Waals surface area contributed by atoms with Gasteiger partial charge >= 0.3 is 12.3 Å². The predicted octanol–water partition coefficient (Wildman–Crippen LogP) is 5.48. The number of aromatic nitrogens is 1. The first-order valence-electron chi connectivity index (χ1n) is 8.48. The summed E-state index contributed by atoms with van der Waals surface area (Å²) in [6.07, 6.45) is -4.75. The maximum atomic E-state index is 12.3. The van der Waals surface area contributed by atoms with Gasteiger partial charge in [0.25, 0.3) is 0 Å². The fraction of sp³-hybridized carbons (Fsp3) is 0.250. The fourth-order valence-corrected chi connectivity index (χ4v) is 3.29. The summed E-state index contributed by atoms with van der Waals surface area (Å²) in [5, 5.41) is 1.01. The van der Waals surface area contributed by atoms with Crippen molar-refractivity contribution in [1.29, 1.82) is 0 Å². The van der Waals surface area contributed by atoms with E-state index in [9.17, 15) is 18.0 Å². The zero-order valence-electron chi connectivity index (χ0n) is 15.8. The molecule has 3 rings (SSSR count). The van der Waals surface area contributed by atoms with Crippen LogP contribution in [0, 0.1) is 6.92 Å². The Balaban J connectivity index is 2.03. The van der Waals surface area contributed by atoms with Crippen LogP contribution < -0.4 is 14.2 Å². The first-order chi connectivity index (χ1) is 13.6. The molecule has 154 valence electrons. The molecule has 5 nitrogen and oxygen atoms in total. The minimum Gasteiger partial charge on any atom is -0.495 e. The minimum atomic E-state index is -4.75. The Kier molecular flexibility index (Phi) is 5.66. The number of carbonyl (C=O) groups is 1. The average molecular weight is 428 g/mol. The largest absolute Gasteiger partial charge is 0.573 e. The molecule has 0 bridgehead atoms. The molecule has 2 aromatic carbocycles. The van der Waals surface area contributed by atoms with E-state index >= 15 is 0 Å². The van der Waals surface area contributed by atoms with E-state index in [1.54, 1.807) is 19.1 Å². The summed E-state index contributed by atoms with van der Waals surface area (Å²) in [6.45, 7) is 3.40. The van der Waals surface area contributed by atoms with E-state index in [2.05, 4.69) is 4.74 Å². The number of esters is 1. The molecular weight excluding hydrogens is 411 g/mol. The molecule has 0 amide bonds. The van der Waals surface area contributed by atoms with Crippen molar-refractivity contribution in [3.63, 3.8) is 0 Å². The normalized spacial score (nSPS) is 11.6. The SMILES string of the molecule is COc1cc2c(OC(C)=O)c(C)n(Cc3ccc(OC(F)(F)F)cc3)c2cc1Cl. The third-order valence-electron chi connectivity index (χ3n) is 4.28. The maximum Gasteiger partial charge on any atom is 0.573 e. The highest BCUT2D eigenvalue weighted by molar-refractivity contribution is 6.33. The molecule has 29 heavy (non-hydrogen) atoms. The number of methoxy groups -OCH3 is 1. The summed E-state index contributed by atoms with van der Waals surface area (Å²) in [4.78, 5) is 11.6. The minimum absolute atomic E-state index is 0.302. The summed E-state index contributed by atoms with van der Waals surface area (Å²) in [5.74, 6) is 0.0244. The Bertz CT molecular complexity index is 1060. The third-order valence-corrected chi connectivity index (χ3v) is 4.58. The molecule has 0 spiro atoms. The molecule has 1 aromatic heterocycles. The number of alkyl halides is 3. The molecule has 0 aliphatic carbocycles. The van der Waals surface area contributed by atoms with Crippen LogP contribution in [0.3, 0.4) is 0 Å². The summed E-state index contributed by atoms with van der Waals surface area (Å²) in [7, 11) is 1.48. The molecule has 0 unspecified atom stereocenters. The summed E-state index contributed by atoms with van der Waals surface area (Å²) < 4.78 is 53.4. The number of fused-ring (bicyclic) bond motifs is 1. The van der Waals surface area contributed by atoms with E-state index in [0.717, 1.165) is 5.56 Å². The Morgan fingerprint density at radius 2 is 1.83 bits per heavy atom. The zero-order chi connectivity index (χ0) is 21.3. The van der Waals surface area contributed by atoms with Crippen molar-refractivity contribution in [2.45, 2.75) is 26.8 Å². The van der Waals surface area contributed by atoms with Gasteiger partial charge in [-0.3, -0.25) is 4.79 Å². The molecule has 3 aromatic rings. The first-order valence-corrected chi connectivity index (χ1v) is 8.86. The highest BCUT2D eigenvalue weighted by atomic mass is 35.5. The monoisotopic (exact) mass is 427 g/mol. The predicted molar refractivity (Wildman–Crippen MR) is 102 cm³/mol. The van der Waals surface area contributed by atoms with Gasteiger partial charge in [-0.25, -0.2) is 0 Å². The van der Waals surface area contributed by atoms with Crippen molar-refractivity contribution < 1.29 is 32.2 Å². The van der Waals surface area contributed by atoms with E-state index in [4.69, 9.17) is 21.1 Å². The fourth-order valence-electron chi connectivity index (χ4n) is 3.06. The van der Waals surface area contributed by atoms with Gasteiger partial charge in [0.2, 0.25) is 0 Å². The second-order valence-electron chi connectivity index (χ2n) is 6.29. The molecule has 1 heterocycles.